The zero-order chi connectivity index (χ0) is 13.2. The molecule has 17 heavy (non-hydrogen) atoms. The van der Waals surface area contributed by atoms with E-state index in [0.717, 1.165) is 16.7 Å². The number of hydrogen-bond donors (Lipinski definition) is 0. The second kappa shape index (κ2) is 5.26. The molecule has 0 atom stereocenters. The molecule has 0 saturated carbocycles. The highest BCUT2D eigenvalue weighted by Gasteiger charge is 2.18. The van der Waals surface area contributed by atoms with Gasteiger partial charge < -0.3 is 0 Å². The summed E-state index contributed by atoms with van der Waals surface area (Å²) in [6.45, 7) is 10.7. The van der Waals surface area contributed by atoms with Crippen molar-refractivity contribution in [2.24, 2.45) is 0 Å². The average Bonchev–Trinajstić information content (AvgIpc) is 2.15. The molecule has 1 aromatic rings. The summed E-state index contributed by atoms with van der Waals surface area (Å²) < 4.78 is 0. The van der Waals surface area contributed by atoms with Crippen LogP contribution in [-0.2, 0) is 5.41 Å². The van der Waals surface area contributed by atoms with Crippen LogP contribution >= 0.6 is 11.8 Å². The fourth-order valence-corrected chi connectivity index (χ4v) is 2.45. The van der Waals surface area contributed by atoms with Crippen LogP contribution in [0, 0.1) is 13.8 Å². The molecular formula is C15H22OS. The van der Waals surface area contributed by atoms with E-state index in [2.05, 4.69) is 32.9 Å². The zero-order valence-corrected chi connectivity index (χ0v) is 12.5. The quantitative estimate of drug-likeness (QED) is 0.750. The highest BCUT2D eigenvalue weighted by atomic mass is 32.2. The van der Waals surface area contributed by atoms with E-state index in [1.165, 1.54) is 5.56 Å². The third-order valence-corrected chi connectivity index (χ3v) is 3.50. The molecule has 1 nitrogen and oxygen atoms in total. The maximum absolute atomic E-state index is 12.0. The molecule has 0 N–H and O–H groups in total. The molecule has 0 aliphatic rings. The largest absolute Gasteiger partial charge is 0.293 e. The third-order valence-electron chi connectivity index (χ3n) is 2.95. The van der Waals surface area contributed by atoms with Crippen LogP contribution in [0.15, 0.2) is 12.1 Å². The van der Waals surface area contributed by atoms with Gasteiger partial charge in [0.1, 0.15) is 0 Å². The number of carbonyl (C=O) groups excluding carboxylic acids is 1. The number of hydrogen-bond acceptors (Lipinski definition) is 2. The fraction of sp³-hybridized carbons (Fsp3) is 0.533. The van der Waals surface area contributed by atoms with E-state index in [-0.39, 0.29) is 11.2 Å². The molecule has 0 bridgehead atoms. The lowest BCUT2D eigenvalue weighted by atomic mass is 9.83. The molecule has 2 heteroatoms. The van der Waals surface area contributed by atoms with Gasteiger partial charge in [-0.05, 0) is 42.2 Å². The van der Waals surface area contributed by atoms with Crippen LogP contribution in [0.3, 0.4) is 0 Å². The van der Waals surface area contributed by atoms with Crippen molar-refractivity contribution in [3.8, 4) is 0 Å². The summed E-state index contributed by atoms with van der Waals surface area (Å²) in [5, 5.41) is 0. The summed E-state index contributed by atoms with van der Waals surface area (Å²) in [7, 11) is 0. The van der Waals surface area contributed by atoms with Crippen LogP contribution in [0.25, 0.3) is 0 Å². The van der Waals surface area contributed by atoms with E-state index < -0.39 is 0 Å². The average molecular weight is 250 g/mol. The fourth-order valence-electron chi connectivity index (χ4n) is 2.04. The molecule has 0 spiro atoms. The van der Waals surface area contributed by atoms with Crippen LogP contribution in [-0.4, -0.2) is 17.8 Å². The topological polar surface area (TPSA) is 17.1 Å². The highest BCUT2D eigenvalue weighted by molar-refractivity contribution is 7.99. The molecule has 1 rings (SSSR count). The van der Waals surface area contributed by atoms with Crippen molar-refractivity contribution in [2.45, 2.75) is 40.0 Å². The number of rotatable bonds is 3. The molecule has 0 saturated heterocycles. The Morgan fingerprint density at radius 2 is 1.65 bits per heavy atom. The van der Waals surface area contributed by atoms with Crippen molar-refractivity contribution < 1.29 is 4.79 Å². The number of benzene rings is 1. The number of Topliss-reactive ketones (excluding diaryl/α,β-unsaturated/α-hetero) is 1. The summed E-state index contributed by atoms with van der Waals surface area (Å²) in [5.41, 5.74) is 4.56. The Morgan fingerprint density at radius 1 is 1.18 bits per heavy atom. The number of aryl methyl sites for hydroxylation is 2. The van der Waals surface area contributed by atoms with Gasteiger partial charge in [-0.1, -0.05) is 32.9 Å². The second-order valence-electron chi connectivity index (χ2n) is 5.59. The summed E-state index contributed by atoms with van der Waals surface area (Å²) in [6, 6.07) is 4.31. The van der Waals surface area contributed by atoms with Gasteiger partial charge in [0.25, 0.3) is 0 Å². The molecule has 94 valence electrons. The third kappa shape index (κ3) is 3.35. The van der Waals surface area contributed by atoms with Gasteiger partial charge in [-0.15, -0.1) is 0 Å². The van der Waals surface area contributed by atoms with Crippen LogP contribution in [0.1, 0.15) is 47.8 Å². The van der Waals surface area contributed by atoms with E-state index >= 15 is 0 Å². The molecule has 0 radical (unpaired) electrons. The van der Waals surface area contributed by atoms with Crippen LogP contribution < -0.4 is 0 Å². The summed E-state index contributed by atoms with van der Waals surface area (Å²) in [4.78, 5) is 12.0. The van der Waals surface area contributed by atoms with Crippen LogP contribution in [0.4, 0.5) is 0 Å². The van der Waals surface area contributed by atoms with Crippen LogP contribution in [0.2, 0.25) is 0 Å². The van der Waals surface area contributed by atoms with E-state index in [4.69, 9.17) is 0 Å². The first kappa shape index (κ1) is 14.3. The van der Waals surface area contributed by atoms with Gasteiger partial charge in [0.15, 0.2) is 5.78 Å². The second-order valence-corrected chi connectivity index (χ2v) is 6.46. The SMILES string of the molecule is CSCC(=O)c1c(C)cc(C(C)(C)C)cc1C. The summed E-state index contributed by atoms with van der Waals surface area (Å²) in [5.74, 6) is 0.809. The van der Waals surface area contributed by atoms with Gasteiger partial charge >= 0.3 is 0 Å². The summed E-state index contributed by atoms with van der Waals surface area (Å²) in [6.07, 6.45) is 1.96. The van der Waals surface area contributed by atoms with Crippen molar-refractivity contribution in [1.82, 2.24) is 0 Å². The van der Waals surface area contributed by atoms with Crippen molar-refractivity contribution in [3.05, 3.63) is 34.4 Å². The van der Waals surface area contributed by atoms with Gasteiger partial charge in [0.2, 0.25) is 0 Å². The standard InChI is InChI=1S/C15H22OS/c1-10-7-12(15(3,4)5)8-11(2)14(10)13(16)9-17-6/h7-8H,9H2,1-6H3. The Kier molecular flexibility index (Phi) is 4.42. The Morgan fingerprint density at radius 3 is 2.00 bits per heavy atom. The monoisotopic (exact) mass is 250 g/mol. The minimum atomic E-state index is 0.136. The molecule has 0 aliphatic carbocycles. The molecule has 1 aromatic carbocycles. The first-order valence-corrected chi connectivity index (χ1v) is 7.30. The predicted octanol–water partition coefficient (Wildman–Crippen LogP) is 4.15. The highest BCUT2D eigenvalue weighted by Crippen LogP contribution is 2.27. The van der Waals surface area contributed by atoms with Crippen molar-refractivity contribution in [3.63, 3.8) is 0 Å². The van der Waals surface area contributed by atoms with Crippen LogP contribution in [0.5, 0.6) is 0 Å². The molecule has 0 heterocycles. The first-order chi connectivity index (χ1) is 7.77. The van der Waals surface area contributed by atoms with Gasteiger partial charge in [-0.25, -0.2) is 0 Å². The molecule has 0 fully saturated rings. The Hall–Kier alpha value is -0.760. The van der Waals surface area contributed by atoms with Gasteiger partial charge in [0.05, 0.1) is 5.75 Å². The van der Waals surface area contributed by atoms with Crippen molar-refractivity contribution >= 4 is 17.5 Å². The predicted molar refractivity (Wildman–Crippen MR) is 77.3 cm³/mol. The number of carbonyl (C=O) groups is 1. The van der Waals surface area contributed by atoms with E-state index in [0.29, 0.717) is 5.75 Å². The maximum Gasteiger partial charge on any atom is 0.173 e. The van der Waals surface area contributed by atoms with Gasteiger partial charge in [-0.3, -0.25) is 4.79 Å². The minimum Gasteiger partial charge on any atom is -0.293 e. The Bertz CT molecular complexity index is 404. The van der Waals surface area contributed by atoms with E-state index in [9.17, 15) is 4.79 Å². The Labute approximate surface area is 109 Å². The maximum atomic E-state index is 12.0. The number of thioether (sulfide) groups is 1. The van der Waals surface area contributed by atoms with Crippen molar-refractivity contribution in [1.29, 1.82) is 0 Å². The van der Waals surface area contributed by atoms with Gasteiger partial charge in [-0.2, -0.15) is 11.8 Å². The lowest BCUT2D eigenvalue weighted by molar-refractivity contribution is 0.102. The van der Waals surface area contributed by atoms with E-state index in [1.807, 2.05) is 20.1 Å². The lowest BCUT2D eigenvalue weighted by Crippen LogP contribution is -2.14. The molecular weight excluding hydrogens is 228 g/mol. The Balaban J connectivity index is 3.25. The lowest BCUT2D eigenvalue weighted by Gasteiger charge is -2.22. The summed E-state index contributed by atoms with van der Waals surface area (Å²) >= 11 is 1.58. The molecule has 0 aliphatic heterocycles. The molecule has 0 aromatic heterocycles. The van der Waals surface area contributed by atoms with E-state index in [1.54, 1.807) is 11.8 Å². The smallest absolute Gasteiger partial charge is 0.173 e. The minimum absolute atomic E-state index is 0.136. The van der Waals surface area contributed by atoms with Crippen molar-refractivity contribution in [2.75, 3.05) is 12.0 Å². The molecule has 0 unspecified atom stereocenters. The number of ketones is 1. The first-order valence-electron chi connectivity index (χ1n) is 5.91. The zero-order valence-electron chi connectivity index (χ0n) is 11.7. The normalized spacial score (nSPS) is 11.6. The van der Waals surface area contributed by atoms with Gasteiger partial charge in [0, 0.05) is 5.56 Å². The molecule has 0 amide bonds.